The fourth-order valence-corrected chi connectivity index (χ4v) is 3.07. The van der Waals surface area contributed by atoms with Crippen LogP contribution in [-0.2, 0) is 4.79 Å². The van der Waals surface area contributed by atoms with Crippen LogP contribution >= 0.6 is 0 Å². The van der Waals surface area contributed by atoms with Gasteiger partial charge in [0.15, 0.2) is 5.82 Å². The molecule has 0 atom stereocenters. The lowest BCUT2D eigenvalue weighted by Gasteiger charge is -2.34. The Bertz CT molecular complexity index is 516. The van der Waals surface area contributed by atoms with Gasteiger partial charge in [-0.2, -0.15) is 0 Å². The highest BCUT2D eigenvalue weighted by atomic mass is 16.5. The number of carboxylic acids is 1. The minimum absolute atomic E-state index is 0.199. The molecule has 0 saturated carbocycles. The molecular formula is C19H32N4O3. The van der Waals surface area contributed by atoms with E-state index in [1.165, 1.54) is 32.1 Å². The molecule has 0 aromatic carbocycles. The van der Waals surface area contributed by atoms with E-state index in [2.05, 4.69) is 26.9 Å². The Morgan fingerprint density at radius 1 is 1.08 bits per heavy atom. The van der Waals surface area contributed by atoms with Gasteiger partial charge in [0.1, 0.15) is 0 Å². The summed E-state index contributed by atoms with van der Waals surface area (Å²) in [6.07, 6.45) is 7.65. The van der Waals surface area contributed by atoms with E-state index < -0.39 is 5.97 Å². The molecule has 0 unspecified atom stereocenters. The molecule has 1 aliphatic rings. The maximum absolute atomic E-state index is 10.6. The monoisotopic (exact) mass is 364 g/mol. The maximum atomic E-state index is 10.6. The summed E-state index contributed by atoms with van der Waals surface area (Å²) in [5, 5.41) is 17.2. The third-order valence-corrected chi connectivity index (χ3v) is 4.71. The average molecular weight is 364 g/mol. The summed E-state index contributed by atoms with van der Waals surface area (Å²) >= 11 is 0. The van der Waals surface area contributed by atoms with Crippen LogP contribution in [0.5, 0.6) is 5.88 Å². The van der Waals surface area contributed by atoms with Crippen molar-refractivity contribution in [2.45, 2.75) is 51.9 Å². The van der Waals surface area contributed by atoms with Crippen LogP contribution in [0.1, 0.15) is 51.9 Å². The number of nitrogens with zero attached hydrogens (tertiary/aromatic N) is 4. The molecule has 1 aromatic heterocycles. The number of carbonyl (C=O) groups is 1. The molecule has 146 valence electrons. The molecular weight excluding hydrogens is 332 g/mol. The van der Waals surface area contributed by atoms with Crippen molar-refractivity contribution in [1.29, 1.82) is 0 Å². The van der Waals surface area contributed by atoms with Crippen molar-refractivity contribution in [2.75, 3.05) is 44.2 Å². The first-order chi connectivity index (χ1) is 12.7. The molecule has 1 aromatic rings. The molecule has 1 saturated heterocycles. The fourth-order valence-electron chi connectivity index (χ4n) is 3.07. The van der Waals surface area contributed by atoms with Gasteiger partial charge in [0, 0.05) is 38.8 Å². The van der Waals surface area contributed by atoms with Crippen molar-refractivity contribution < 1.29 is 14.6 Å². The zero-order valence-corrected chi connectivity index (χ0v) is 15.9. The topological polar surface area (TPSA) is 78.8 Å². The first-order valence-electron chi connectivity index (χ1n) is 9.84. The molecule has 0 radical (unpaired) electrons. The van der Waals surface area contributed by atoms with E-state index in [9.17, 15) is 4.79 Å². The van der Waals surface area contributed by atoms with Gasteiger partial charge < -0.3 is 14.7 Å². The molecule has 7 nitrogen and oxygen atoms in total. The predicted octanol–water partition coefficient (Wildman–Crippen LogP) is 2.81. The number of piperazine rings is 1. The van der Waals surface area contributed by atoms with Crippen LogP contribution in [-0.4, -0.2) is 65.5 Å². The van der Waals surface area contributed by atoms with Crippen LogP contribution in [0.25, 0.3) is 0 Å². The highest BCUT2D eigenvalue weighted by molar-refractivity contribution is 5.66. The summed E-state index contributed by atoms with van der Waals surface area (Å²) in [7, 11) is 0. The number of hydrogen-bond acceptors (Lipinski definition) is 6. The van der Waals surface area contributed by atoms with Crippen LogP contribution in [0.3, 0.4) is 0 Å². The standard InChI is InChI=1S/C19H32N4O3/c1-2-3-4-5-6-7-16-26-18-9-8-17(20-21-18)23-14-12-22(13-15-23)11-10-19(24)25/h8-9H,2-7,10-16H2,1H3,(H,24,25). The second kappa shape index (κ2) is 11.7. The average Bonchev–Trinajstić information content (AvgIpc) is 2.66. The van der Waals surface area contributed by atoms with Crippen LogP contribution in [0.2, 0.25) is 0 Å². The predicted molar refractivity (Wildman–Crippen MR) is 102 cm³/mol. The van der Waals surface area contributed by atoms with Gasteiger partial charge in [-0.3, -0.25) is 9.69 Å². The maximum Gasteiger partial charge on any atom is 0.304 e. The highest BCUT2D eigenvalue weighted by Gasteiger charge is 2.18. The molecule has 0 spiro atoms. The SMILES string of the molecule is CCCCCCCCOc1ccc(N2CCN(CCC(=O)O)CC2)nn1. The normalized spacial score (nSPS) is 15.2. The molecule has 7 heteroatoms. The first-order valence-corrected chi connectivity index (χ1v) is 9.84. The Labute approximate surface area is 156 Å². The number of anilines is 1. The van der Waals surface area contributed by atoms with E-state index in [-0.39, 0.29) is 6.42 Å². The Kier molecular flexibility index (Phi) is 9.17. The zero-order chi connectivity index (χ0) is 18.6. The quantitative estimate of drug-likeness (QED) is 0.571. The van der Waals surface area contributed by atoms with Gasteiger partial charge in [-0.25, -0.2) is 0 Å². The number of unbranched alkanes of at least 4 members (excludes halogenated alkanes) is 5. The summed E-state index contributed by atoms with van der Waals surface area (Å²) in [6, 6.07) is 3.84. The summed E-state index contributed by atoms with van der Waals surface area (Å²) in [5.74, 6) is 0.701. The van der Waals surface area contributed by atoms with Gasteiger partial charge in [0.25, 0.3) is 0 Å². The molecule has 26 heavy (non-hydrogen) atoms. The van der Waals surface area contributed by atoms with E-state index >= 15 is 0 Å². The first kappa shape index (κ1) is 20.4. The van der Waals surface area contributed by atoms with E-state index in [4.69, 9.17) is 9.84 Å². The van der Waals surface area contributed by atoms with Crippen molar-refractivity contribution in [2.24, 2.45) is 0 Å². The molecule has 0 bridgehead atoms. The molecule has 1 N–H and O–H groups in total. The van der Waals surface area contributed by atoms with E-state index in [1.807, 2.05) is 12.1 Å². The van der Waals surface area contributed by atoms with Crippen LogP contribution in [0.4, 0.5) is 5.82 Å². The molecule has 2 rings (SSSR count). The van der Waals surface area contributed by atoms with Gasteiger partial charge in [-0.1, -0.05) is 39.0 Å². The van der Waals surface area contributed by atoms with E-state index in [1.54, 1.807) is 0 Å². The Hall–Kier alpha value is -1.89. The summed E-state index contributed by atoms with van der Waals surface area (Å²) in [4.78, 5) is 15.0. The zero-order valence-electron chi connectivity index (χ0n) is 15.9. The van der Waals surface area contributed by atoms with E-state index in [0.717, 1.165) is 38.4 Å². The lowest BCUT2D eigenvalue weighted by atomic mass is 10.1. The van der Waals surface area contributed by atoms with Crippen LogP contribution < -0.4 is 9.64 Å². The van der Waals surface area contributed by atoms with Crippen molar-refractivity contribution in [1.82, 2.24) is 15.1 Å². The molecule has 1 fully saturated rings. The van der Waals surface area contributed by atoms with E-state index in [0.29, 0.717) is 19.0 Å². The number of ether oxygens (including phenoxy) is 1. The minimum Gasteiger partial charge on any atom is -0.481 e. The largest absolute Gasteiger partial charge is 0.481 e. The highest BCUT2D eigenvalue weighted by Crippen LogP contribution is 2.16. The van der Waals surface area contributed by atoms with Gasteiger partial charge in [-0.15, -0.1) is 10.2 Å². The minimum atomic E-state index is -0.741. The van der Waals surface area contributed by atoms with Gasteiger partial charge in [0.2, 0.25) is 5.88 Å². The third kappa shape index (κ3) is 7.56. The lowest BCUT2D eigenvalue weighted by Crippen LogP contribution is -2.47. The smallest absolute Gasteiger partial charge is 0.304 e. The molecule has 0 aliphatic carbocycles. The van der Waals surface area contributed by atoms with Gasteiger partial charge in [0.05, 0.1) is 13.0 Å². The summed E-state index contributed by atoms with van der Waals surface area (Å²) in [6.45, 7) is 6.92. The number of rotatable bonds is 12. The number of aliphatic carboxylic acids is 1. The fraction of sp³-hybridized carbons (Fsp3) is 0.737. The number of hydrogen-bond donors (Lipinski definition) is 1. The molecule has 0 amide bonds. The molecule has 1 aliphatic heterocycles. The van der Waals surface area contributed by atoms with Crippen LogP contribution in [0.15, 0.2) is 12.1 Å². The summed E-state index contributed by atoms with van der Waals surface area (Å²) in [5.41, 5.74) is 0. The number of carboxylic acid groups (broad SMARTS) is 1. The second-order valence-corrected chi connectivity index (χ2v) is 6.82. The number of aromatic nitrogens is 2. The van der Waals surface area contributed by atoms with Crippen molar-refractivity contribution in [3.63, 3.8) is 0 Å². The second-order valence-electron chi connectivity index (χ2n) is 6.82. The van der Waals surface area contributed by atoms with Crippen LogP contribution in [0, 0.1) is 0 Å². The summed E-state index contributed by atoms with van der Waals surface area (Å²) < 4.78 is 5.67. The van der Waals surface area contributed by atoms with Gasteiger partial charge >= 0.3 is 5.97 Å². The third-order valence-electron chi connectivity index (χ3n) is 4.71. The van der Waals surface area contributed by atoms with Crippen molar-refractivity contribution in [3.05, 3.63) is 12.1 Å². The Balaban J connectivity index is 1.64. The Morgan fingerprint density at radius 3 is 2.46 bits per heavy atom. The van der Waals surface area contributed by atoms with Crippen molar-refractivity contribution >= 4 is 11.8 Å². The van der Waals surface area contributed by atoms with Gasteiger partial charge in [-0.05, 0) is 12.5 Å². The molecule has 2 heterocycles. The Morgan fingerprint density at radius 2 is 1.81 bits per heavy atom. The lowest BCUT2D eigenvalue weighted by molar-refractivity contribution is -0.137. The van der Waals surface area contributed by atoms with Crippen molar-refractivity contribution in [3.8, 4) is 5.88 Å².